The van der Waals surface area contributed by atoms with Crippen LogP contribution in [0.3, 0.4) is 0 Å². The molecule has 0 fully saturated rings. The van der Waals surface area contributed by atoms with Gasteiger partial charge in [-0.3, -0.25) is 0 Å². The molecule has 1 aromatic rings. The Morgan fingerprint density at radius 2 is 2.00 bits per heavy atom. The summed E-state index contributed by atoms with van der Waals surface area (Å²) in [6.45, 7) is 2.02. The minimum Gasteiger partial charge on any atom is -0.493 e. The number of hydrogen-bond acceptors (Lipinski definition) is 4. The molecule has 0 radical (unpaired) electrons. The smallest absolute Gasteiger partial charge is 0.162 e. The molecule has 1 aromatic carbocycles. The van der Waals surface area contributed by atoms with Gasteiger partial charge in [0, 0.05) is 24.2 Å². The zero-order valence-corrected chi connectivity index (χ0v) is 11.1. The van der Waals surface area contributed by atoms with E-state index in [-0.39, 0.29) is 6.04 Å². The summed E-state index contributed by atoms with van der Waals surface area (Å²) in [4.78, 5) is 0.505. The first-order valence-electron chi connectivity index (χ1n) is 5.33. The first-order valence-corrected chi connectivity index (χ1v) is 5.74. The number of nitrogens with one attached hydrogen (secondary N) is 1. The fourth-order valence-electron chi connectivity index (χ4n) is 1.56. The van der Waals surface area contributed by atoms with Gasteiger partial charge < -0.3 is 20.5 Å². The Kier molecular flexibility index (Phi) is 5.03. The van der Waals surface area contributed by atoms with E-state index in [4.69, 9.17) is 27.4 Å². The van der Waals surface area contributed by atoms with Crippen molar-refractivity contribution in [1.29, 1.82) is 0 Å². The van der Waals surface area contributed by atoms with Crippen molar-refractivity contribution in [3.05, 3.63) is 18.2 Å². The highest BCUT2D eigenvalue weighted by atomic mass is 32.1. The van der Waals surface area contributed by atoms with E-state index >= 15 is 0 Å². The molecule has 4 nitrogen and oxygen atoms in total. The highest BCUT2D eigenvalue weighted by molar-refractivity contribution is 7.80. The maximum Gasteiger partial charge on any atom is 0.162 e. The van der Waals surface area contributed by atoms with E-state index in [0.29, 0.717) is 22.9 Å². The summed E-state index contributed by atoms with van der Waals surface area (Å²) in [6, 6.07) is 5.85. The minimum absolute atomic E-state index is 0.186. The van der Waals surface area contributed by atoms with Gasteiger partial charge in [-0.2, -0.15) is 0 Å². The second kappa shape index (κ2) is 6.30. The fraction of sp³-hybridized carbons (Fsp3) is 0.417. The fourth-order valence-corrected chi connectivity index (χ4v) is 1.81. The number of methoxy groups -OCH3 is 2. The molecule has 1 unspecified atom stereocenters. The van der Waals surface area contributed by atoms with Crippen LogP contribution in [-0.4, -0.2) is 25.2 Å². The number of thiocarbonyl (C=S) groups is 1. The quantitative estimate of drug-likeness (QED) is 0.762. The molecule has 0 saturated heterocycles. The monoisotopic (exact) mass is 254 g/mol. The van der Waals surface area contributed by atoms with Crippen LogP contribution in [0, 0.1) is 0 Å². The molecule has 94 valence electrons. The molecule has 0 heterocycles. The van der Waals surface area contributed by atoms with E-state index in [1.165, 1.54) is 0 Å². The predicted octanol–water partition coefficient (Wildman–Crippen LogP) is 2.18. The van der Waals surface area contributed by atoms with Gasteiger partial charge in [0.2, 0.25) is 0 Å². The molecule has 0 aliphatic heterocycles. The van der Waals surface area contributed by atoms with E-state index in [0.717, 1.165) is 5.69 Å². The maximum atomic E-state index is 5.50. The standard InChI is InChI=1S/C12H18N2O2S/c1-8(6-12(13)17)14-9-4-5-10(15-2)11(7-9)16-3/h4-5,7-8,14H,6H2,1-3H3,(H2,13,17). The van der Waals surface area contributed by atoms with Gasteiger partial charge in [-0.15, -0.1) is 0 Å². The Balaban J connectivity index is 2.75. The molecular weight excluding hydrogens is 236 g/mol. The molecule has 0 aliphatic carbocycles. The molecule has 1 atom stereocenters. The third-order valence-electron chi connectivity index (χ3n) is 2.30. The largest absolute Gasteiger partial charge is 0.493 e. The summed E-state index contributed by atoms with van der Waals surface area (Å²) >= 11 is 4.87. The van der Waals surface area contributed by atoms with Crippen molar-refractivity contribution in [3.63, 3.8) is 0 Å². The van der Waals surface area contributed by atoms with Crippen LogP contribution in [0.15, 0.2) is 18.2 Å². The van der Waals surface area contributed by atoms with Gasteiger partial charge in [-0.05, 0) is 19.1 Å². The average Bonchev–Trinajstić information content (AvgIpc) is 2.27. The SMILES string of the molecule is COc1ccc(NC(C)CC(N)=S)cc1OC. The second-order valence-corrected chi connectivity index (χ2v) is 4.31. The average molecular weight is 254 g/mol. The van der Waals surface area contributed by atoms with Crippen LogP contribution in [-0.2, 0) is 0 Å². The van der Waals surface area contributed by atoms with Crippen molar-refractivity contribution in [3.8, 4) is 11.5 Å². The van der Waals surface area contributed by atoms with E-state index in [1.807, 2.05) is 25.1 Å². The van der Waals surface area contributed by atoms with Gasteiger partial charge in [0.15, 0.2) is 11.5 Å². The molecule has 5 heteroatoms. The van der Waals surface area contributed by atoms with Gasteiger partial charge in [-0.1, -0.05) is 12.2 Å². The van der Waals surface area contributed by atoms with Gasteiger partial charge >= 0.3 is 0 Å². The molecule has 0 bridgehead atoms. The van der Waals surface area contributed by atoms with Crippen LogP contribution in [0.4, 0.5) is 5.69 Å². The molecule has 17 heavy (non-hydrogen) atoms. The second-order valence-electron chi connectivity index (χ2n) is 3.79. The van der Waals surface area contributed by atoms with Gasteiger partial charge in [0.05, 0.1) is 19.2 Å². The van der Waals surface area contributed by atoms with Crippen LogP contribution in [0.5, 0.6) is 11.5 Å². The zero-order valence-electron chi connectivity index (χ0n) is 10.3. The summed E-state index contributed by atoms with van der Waals surface area (Å²) in [5, 5.41) is 3.30. The lowest BCUT2D eigenvalue weighted by Gasteiger charge is -2.16. The van der Waals surface area contributed by atoms with Crippen LogP contribution in [0.1, 0.15) is 13.3 Å². The van der Waals surface area contributed by atoms with Crippen LogP contribution < -0.4 is 20.5 Å². The normalized spacial score (nSPS) is 11.7. The molecule has 3 N–H and O–H groups in total. The highest BCUT2D eigenvalue weighted by Gasteiger charge is 2.07. The van der Waals surface area contributed by atoms with Crippen molar-refractivity contribution in [2.75, 3.05) is 19.5 Å². The summed E-state index contributed by atoms with van der Waals surface area (Å²) in [6.07, 6.45) is 0.656. The molecule has 1 rings (SSSR count). The minimum atomic E-state index is 0.186. The number of benzene rings is 1. The third-order valence-corrected chi connectivity index (χ3v) is 2.47. The topological polar surface area (TPSA) is 56.5 Å². The lowest BCUT2D eigenvalue weighted by atomic mass is 10.2. The lowest BCUT2D eigenvalue weighted by Crippen LogP contribution is -2.22. The van der Waals surface area contributed by atoms with Crippen molar-refractivity contribution >= 4 is 22.9 Å². The van der Waals surface area contributed by atoms with Crippen molar-refractivity contribution < 1.29 is 9.47 Å². The number of rotatable bonds is 6. The highest BCUT2D eigenvalue weighted by Crippen LogP contribution is 2.30. The number of nitrogens with two attached hydrogens (primary N) is 1. The van der Waals surface area contributed by atoms with Crippen molar-refractivity contribution in [1.82, 2.24) is 0 Å². The van der Waals surface area contributed by atoms with E-state index in [2.05, 4.69) is 5.32 Å². The Labute approximate surface area is 107 Å². The summed E-state index contributed by atoms with van der Waals surface area (Å²) < 4.78 is 10.4. The number of ether oxygens (including phenoxy) is 2. The number of hydrogen-bond donors (Lipinski definition) is 2. The maximum absolute atomic E-state index is 5.50. The first kappa shape index (κ1) is 13.6. The van der Waals surface area contributed by atoms with Crippen LogP contribution in [0.2, 0.25) is 0 Å². The molecule has 0 aliphatic rings. The van der Waals surface area contributed by atoms with E-state index in [1.54, 1.807) is 14.2 Å². The third kappa shape index (κ3) is 4.11. The van der Waals surface area contributed by atoms with Crippen molar-refractivity contribution in [2.24, 2.45) is 5.73 Å². The van der Waals surface area contributed by atoms with Crippen LogP contribution in [0.25, 0.3) is 0 Å². The first-order chi connectivity index (χ1) is 8.06. The number of anilines is 1. The van der Waals surface area contributed by atoms with Gasteiger partial charge in [0.1, 0.15) is 0 Å². The summed E-state index contributed by atoms with van der Waals surface area (Å²) in [5.41, 5.74) is 6.45. The summed E-state index contributed by atoms with van der Waals surface area (Å²) in [5.74, 6) is 1.40. The zero-order chi connectivity index (χ0) is 12.8. The lowest BCUT2D eigenvalue weighted by molar-refractivity contribution is 0.355. The van der Waals surface area contributed by atoms with E-state index in [9.17, 15) is 0 Å². The molecule has 0 amide bonds. The van der Waals surface area contributed by atoms with Crippen molar-refractivity contribution in [2.45, 2.75) is 19.4 Å². The summed E-state index contributed by atoms with van der Waals surface area (Å²) in [7, 11) is 3.22. The molecule has 0 aromatic heterocycles. The van der Waals surface area contributed by atoms with Gasteiger partial charge in [0.25, 0.3) is 0 Å². The Morgan fingerprint density at radius 3 is 2.53 bits per heavy atom. The predicted molar refractivity (Wildman–Crippen MR) is 74.0 cm³/mol. The Morgan fingerprint density at radius 1 is 1.35 bits per heavy atom. The van der Waals surface area contributed by atoms with Gasteiger partial charge in [-0.25, -0.2) is 0 Å². The van der Waals surface area contributed by atoms with Crippen LogP contribution >= 0.6 is 12.2 Å². The molecular formula is C12H18N2O2S. The van der Waals surface area contributed by atoms with E-state index < -0.39 is 0 Å². The molecule has 0 spiro atoms. The Bertz CT molecular complexity index is 396. The molecule has 0 saturated carbocycles. The Hall–Kier alpha value is -1.49.